The van der Waals surface area contributed by atoms with Crippen molar-refractivity contribution in [2.45, 2.75) is 21.3 Å². The second-order valence-corrected chi connectivity index (χ2v) is 2.54. The predicted molar refractivity (Wildman–Crippen MR) is 35.9 cm³/mol. The number of rotatable bonds is 1. The van der Waals surface area contributed by atoms with Gasteiger partial charge in [-0.1, -0.05) is 21.3 Å². The molecule has 50 valence electrons. The summed E-state index contributed by atoms with van der Waals surface area (Å²) >= 11 is 0. The molecule has 1 saturated heterocycles. The minimum atomic E-state index is 0. The van der Waals surface area contributed by atoms with Crippen LogP contribution in [0.2, 0.25) is 0 Å². The molecule has 1 aliphatic rings. The van der Waals surface area contributed by atoms with E-state index in [4.69, 9.17) is 4.74 Å². The molecule has 0 aromatic carbocycles. The Labute approximate surface area is 52.0 Å². The first-order chi connectivity index (χ1) is 3.30. The summed E-state index contributed by atoms with van der Waals surface area (Å²) < 4.78 is 5.00. The lowest BCUT2D eigenvalue weighted by molar-refractivity contribution is -0.0534. The van der Waals surface area contributed by atoms with Gasteiger partial charge in [-0.05, 0) is 5.92 Å². The van der Waals surface area contributed by atoms with Crippen LogP contribution in [0.5, 0.6) is 0 Å². The highest BCUT2D eigenvalue weighted by Crippen LogP contribution is 2.18. The first kappa shape index (κ1) is 7.96. The molecule has 0 radical (unpaired) electrons. The van der Waals surface area contributed by atoms with E-state index in [0.717, 1.165) is 25.0 Å². The van der Waals surface area contributed by atoms with Crippen LogP contribution in [0.15, 0.2) is 0 Å². The smallest absolute Gasteiger partial charge is 0.0518 e. The normalized spacial score (nSPS) is 19.9. The second kappa shape index (κ2) is 3.08. The molecule has 0 aromatic rings. The van der Waals surface area contributed by atoms with Gasteiger partial charge >= 0.3 is 0 Å². The van der Waals surface area contributed by atoms with Crippen LogP contribution in [0.25, 0.3) is 0 Å². The molecule has 1 heteroatoms. The van der Waals surface area contributed by atoms with Crippen LogP contribution in [0, 0.1) is 11.8 Å². The van der Waals surface area contributed by atoms with E-state index in [2.05, 4.69) is 13.8 Å². The first-order valence-electron chi connectivity index (χ1n) is 2.88. The Balaban J connectivity index is 0.000000490. The summed E-state index contributed by atoms with van der Waals surface area (Å²) in [6, 6.07) is 0. The topological polar surface area (TPSA) is 9.23 Å². The van der Waals surface area contributed by atoms with Crippen molar-refractivity contribution < 1.29 is 4.74 Å². The number of hydrogen-bond donors (Lipinski definition) is 0. The third-order valence-corrected chi connectivity index (χ3v) is 1.61. The lowest BCUT2D eigenvalue weighted by Gasteiger charge is -2.29. The molecule has 1 aliphatic heterocycles. The minimum Gasteiger partial charge on any atom is -0.381 e. The van der Waals surface area contributed by atoms with Crippen molar-refractivity contribution in [2.24, 2.45) is 11.8 Å². The summed E-state index contributed by atoms with van der Waals surface area (Å²) in [5.41, 5.74) is 0. The molecule has 0 saturated carbocycles. The lowest BCUT2D eigenvalue weighted by atomic mass is 9.95. The molecular weight excluding hydrogens is 100 g/mol. The summed E-state index contributed by atoms with van der Waals surface area (Å²) in [5, 5.41) is 0. The van der Waals surface area contributed by atoms with E-state index in [1.807, 2.05) is 0 Å². The van der Waals surface area contributed by atoms with Gasteiger partial charge in [0.2, 0.25) is 0 Å². The predicted octanol–water partition coefficient (Wildman–Crippen LogP) is 1.92. The molecule has 1 fully saturated rings. The van der Waals surface area contributed by atoms with Gasteiger partial charge in [0.05, 0.1) is 13.2 Å². The molecule has 0 atom stereocenters. The van der Waals surface area contributed by atoms with E-state index in [-0.39, 0.29) is 7.43 Å². The van der Waals surface area contributed by atoms with Crippen LogP contribution in [0.1, 0.15) is 21.3 Å². The van der Waals surface area contributed by atoms with Crippen molar-refractivity contribution in [3.63, 3.8) is 0 Å². The Morgan fingerprint density at radius 1 is 1.38 bits per heavy atom. The van der Waals surface area contributed by atoms with Crippen molar-refractivity contribution in [1.29, 1.82) is 0 Å². The van der Waals surface area contributed by atoms with Crippen LogP contribution in [0.4, 0.5) is 0 Å². The van der Waals surface area contributed by atoms with E-state index in [9.17, 15) is 0 Å². The van der Waals surface area contributed by atoms with Crippen molar-refractivity contribution in [3.8, 4) is 0 Å². The zero-order valence-corrected chi connectivity index (χ0v) is 4.98. The molecule has 0 N–H and O–H groups in total. The van der Waals surface area contributed by atoms with E-state index >= 15 is 0 Å². The van der Waals surface area contributed by atoms with Gasteiger partial charge in [-0.15, -0.1) is 0 Å². The average molecular weight is 116 g/mol. The SMILES string of the molecule is C.CC(C)C1COC1. The Hall–Kier alpha value is -0.0400. The molecule has 8 heavy (non-hydrogen) atoms. The summed E-state index contributed by atoms with van der Waals surface area (Å²) in [6.45, 7) is 6.48. The van der Waals surface area contributed by atoms with Crippen LogP contribution in [-0.4, -0.2) is 13.2 Å². The lowest BCUT2D eigenvalue weighted by Crippen LogP contribution is -2.31. The van der Waals surface area contributed by atoms with Crippen LogP contribution >= 0.6 is 0 Å². The molecule has 1 heterocycles. The van der Waals surface area contributed by atoms with Gasteiger partial charge in [0.15, 0.2) is 0 Å². The van der Waals surface area contributed by atoms with Gasteiger partial charge in [-0.25, -0.2) is 0 Å². The molecule has 0 unspecified atom stereocenters. The highest BCUT2D eigenvalue weighted by Gasteiger charge is 2.20. The maximum Gasteiger partial charge on any atom is 0.0518 e. The molecule has 0 aromatic heterocycles. The molecule has 0 bridgehead atoms. The summed E-state index contributed by atoms with van der Waals surface area (Å²) in [6.07, 6.45) is 0. The zero-order valence-electron chi connectivity index (χ0n) is 4.98. The third kappa shape index (κ3) is 1.48. The van der Waals surface area contributed by atoms with Gasteiger partial charge in [0, 0.05) is 5.92 Å². The van der Waals surface area contributed by atoms with Crippen LogP contribution in [0.3, 0.4) is 0 Å². The third-order valence-electron chi connectivity index (χ3n) is 1.61. The monoisotopic (exact) mass is 116 g/mol. The van der Waals surface area contributed by atoms with Gasteiger partial charge < -0.3 is 4.74 Å². The fourth-order valence-corrected chi connectivity index (χ4v) is 0.639. The summed E-state index contributed by atoms with van der Waals surface area (Å²) in [7, 11) is 0. The highest BCUT2D eigenvalue weighted by molar-refractivity contribution is 4.67. The zero-order chi connectivity index (χ0) is 5.28. The molecule has 1 nitrogen and oxygen atoms in total. The Bertz CT molecular complexity index is 55.4. The second-order valence-electron chi connectivity index (χ2n) is 2.54. The molecule has 1 rings (SSSR count). The van der Waals surface area contributed by atoms with Gasteiger partial charge in [-0.2, -0.15) is 0 Å². The van der Waals surface area contributed by atoms with Crippen molar-refractivity contribution in [1.82, 2.24) is 0 Å². The maximum atomic E-state index is 5.00. The van der Waals surface area contributed by atoms with Gasteiger partial charge in [0.25, 0.3) is 0 Å². The fraction of sp³-hybridized carbons (Fsp3) is 1.00. The molecule has 0 spiro atoms. The van der Waals surface area contributed by atoms with Gasteiger partial charge in [-0.3, -0.25) is 0 Å². The van der Waals surface area contributed by atoms with E-state index < -0.39 is 0 Å². The van der Waals surface area contributed by atoms with E-state index in [0.29, 0.717) is 0 Å². The minimum absolute atomic E-state index is 0. The fourth-order valence-electron chi connectivity index (χ4n) is 0.639. The number of hydrogen-bond acceptors (Lipinski definition) is 1. The summed E-state index contributed by atoms with van der Waals surface area (Å²) in [5.74, 6) is 1.69. The molecular formula is C7H16O. The Kier molecular flexibility index (Phi) is 3.06. The maximum absolute atomic E-state index is 5.00. The standard InChI is InChI=1S/C6H12O.CH4/c1-5(2)6-3-7-4-6;/h5-6H,3-4H2,1-2H3;1H4. The average Bonchev–Trinajstić information content (AvgIpc) is 1.23. The van der Waals surface area contributed by atoms with Crippen molar-refractivity contribution in [2.75, 3.05) is 13.2 Å². The van der Waals surface area contributed by atoms with Crippen molar-refractivity contribution >= 4 is 0 Å². The largest absolute Gasteiger partial charge is 0.381 e. The van der Waals surface area contributed by atoms with E-state index in [1.165, 1.54) is 0 Å². The number of ether oxygens (including phenoxy) is 1. The van der Waals surface area contributed by atoms with Crippen molar-refractivity contribution in [3.05, 3.63) is 0 Å². The summed E-state index contributed by atoms with van der Waals surface area (Å²) in [4.78, 5) is 0. The quantitative estimate of drug-likeness (QED) is 0.508. The highest BCUT2D eigenvalue weighted by atomic mass is 16.5. The molecule has 0 amide bonds. The Morgan fingerprint density at radius 2 is 1.88 bits per heavy atom. The van der Waals surface area contributed by atoms with Crippen LogP contribution in [-0.2, 0) is 4.74 Å². The first-order valence-corrected chi connectivity index (χ1v) is 2.88. The van der Waals surface area contributed by atoms with Crippen LogP contribution < -0.4 is 0 Å². The van der Waals surface area contributed by atoms with E-state index in [1.54, 1.807) is 0 Å². The molecule has 0 aliphatic carbocycles. The Morgan fingerprint density at radius 3 is 1.88 bits per heavy atom. The van der Waals surface area contributed by atoms with Gasteiger partial charge in [0.1, 0.15) is 0 Å².